The summed E-state index contributed by atoms with van der Waals surface area (Å²) in [6.45, 7) is 9.02. The number of hydrogen-bond donors (Lipinski definition) is 2. The molecule has 0 saturated heterocycles. The van der Waals surface area contributed by atoms with Crippen molar-refractivity contribution in [3.8, 4) is 0 Å². The van der Waals surface area contributed by atoms with Crippen LogP contribution in [0.1, 0.15) is 43.8 Å². The van der Waals surface area contributed by atoms with Crippen LogP contribution in [0, 0.1) is 0 Å². The molecule has 0 aliphatic heterocycles. The summed E-state index contributed by atoms with van der Waals surface area (Å²) in [6, 6.07) is 4.17. The molecule has 0 saturated carbocycles. The lowest BCUT2D eigenvalue weighted by molar-refractivity contribution is 0.129. The minimum Gasteiger partial charge on any atom is -0.381 e. The van der Waals surface area contributed by atoms with Crippen LogP contribution >= 0.6 is 11.3 Å². The largest absolute Gasteiger partial charge is 0.381 e. The molecule has 0 spiro atoms. The minimum absolute atomic E-state index is 0.687. The lowest BCUT2D eigenvalue weighted by Gasteiger charge is -2.13. The number of rotatable bonds is 13. The maximum atomic E-state index is 5.61. The monoisotopic (exact) mass is 392 g/mol. The van der Waals surface area contributed by atoms with Crippen molar-refractivity contribution in [2.75, 3.05) is 26.3 Å². The summed E-state index contributed by atoms with van der Waals surface area (Å²) in [6.07, 6.45) is 5.94. The Labute approximate surface area is 166 Å². The number of aromatic nitrogens is 3. The fourth-order valence-electron chi connectivity index (χ4n) is 2.50. The molecule has 0 aliphatic carbocycles. The second-order valence-corrected chi connectivity index (χ2v) is 7.24. The average Bonchev–Trinajstić information content (AvgIpc) is 3.36. The maximum Gasteiger partial charge on any atom is 0.191 e. The number of thiophene rings is 1. The molecular weight excluding hydrogens is 360 g/mol. The molecule has 7 nitrogen and oxygen atoms in total. The summed E-state index contributed by atoms with van der Waals surface area (Å²) in [7, 11) is 0. The summed E-state index contributed by atoms with van der Waals surface area (Å²) < 4.78 is 7.69. The molecule has 2 N–H and O–H groups in total. The smallest absolute Gasteiger partial charge is 0.191 e. The van der Waals surface area contributed by atoms with E-state index in [0.29, 0.717) is 6.54 Å². The molecule has 0 radical (unpaired) electrons. The number of nitrogens with zero attached hydrogens (tertiary/aromatic N) is 4. The van der Waals surface area contributed by atoms with Gasteiger partial charge in [-0.1, -0.05) is 26.3 Å². The molecular formula is C19H32N6OS. The van der Waals surface area contributed by atoms with Crippen LogP contribution in [-0.4, -0.2) is 47.0 Å². The summed E-state index contributed by atoms with van der Waals surface area (Å²) in [5.74, 6) is 1.84. The standard InChI is InChI=1S/C19H32N6OS/c1-3-5-12-26-13-7-9-20-19(22-15-17-8-6-14-27-17)21-10-11-25-16-23-24-18(25)4-2/h6,8,14,16H,3-5,7,9-13,15H2,1-2H3,(H2,20,21,22). The normalized spacial score (nSPS) is 11.7. The van der Waals surface area contributed by atoms with Crippen LogP contribution in [0.25, 0.3) is 0 Å². The van der Waals surface area contributed by atoms with Gasteiger partial charge in [0.1, 0.15) is 12.2 Å². The van der Waals surface area contributed by atoms with Gasteiger partial charge in [0.05, 0.1) is 6.54 Å². The highest BCUT2D eigenvalue weighted by molar-refractivity contribution is 7.09. The van der Waals surface area contributed by atoms with Crippen LogP contribution in [0.5, 0.6) is 0 Å². The molecule has 0 fully saturated rings. The molecule has 2 aromatic heterocycles. The van der Waals surface area contributed by atoms with Gasteiger partial charge in [-0.15, -0.1) is 21.5 Å². The van der Waals surface area contributed by atoms with Gasteiger partial charge in [0.2, 0.25) is 0 Å². The SMILES string of the molecule is CCCCOCCCNC(=NCc1cccs1)NCCn1cnnc1CC. The van der Waals surface area contributed by atoms with Gasteiger partial charge in [-0.25, -0.2) is 4.99 Å². The Kier molecular flexibility index (Phi) is 10.5. The first-order valence-electron chi connectivity index (χ1n) is 9.82. The first kappa shape index (κ1) is 21.4. The Balaban J connectivity index is 1.75. The third kappa shape index (κ3) is 8.53. The van der Waals surface area contributed by atoms with Gasteiger partial charge >= 0.3 is 0 Å². The third-order valence-electron chi connectivity index (χ3n) is 4.03. The summed E-state index contributed by atoms with van der Waals surface area (Å²) >= 11 is 1.73. The summed E-state index contributed by atoms with van der Waals surface area (Å²) in [5.41, 5.74) is 0. The molecule has 0 atom stereocenters. The number of hydrogen-bond acceptors (Lipinski definition) is 5. The Morgan fingerprint density at radius 3 is 2.85 bits per heavy atom. The van der Waals surface area contributed by atoms with Crippen LogP contribution in [0.15, 0.2) is 28.8 Å². The van der Waals surface area contributed by atoms with Crippen molar-refractivity contribution < 1.29 is 4.74 Å². The Morgan fingerprint density at radius 1 is 1.22 bits per heavy atom. The summed E-state index contributed by atoms with van der Waals surface area (Å²) in [5, 5.41) is 17.0. The van der Waals surface area contributed by atoms with Gasteiger partial charge in [0.25, 0.3) is 0 Å². The zero-order chi connectivity index (χ0) is 19.2. The Morgan fingerprint density at radius 2 is 2.07 bits per heavy atom. The van der Waals surface area contributed by atoms with Crippen LogP contribution in [-0.2, 0) is 24.2 Å². The van der Waals surface area contributed by atoms with Crippen LogP contribution in [0.4, 0.5) is 0 Å². The molecule has 27 heavy (non-hydrogen) atoms. The topological polar surface area (TPSA) is 76.4 Å². The lowest BCUT2D eigenvalue weighted by Crippen LogP contribution is -2.39. The molecule has 0 aliphatic rings. The molecule has 2 heterocycles. The molecule has 0 bridgehead atoms. The molecule has 0 unspecified atom stereocenters. The predicted octanol–water partition coefficient (Wildman–Crippen LogP) is 2.84. The van der Waals surface area contributed by atoms with Crippen molar-refractivity contribution in [1.29, 1.82) is 0 Å². The second kappa shape index (κ2) is 13.3. The van der Waals surface area contributed by atoms with Crippen molar-refractivity contribution >= 4 is 17.3 Å². The molecule has 2 rings (SSSR count). The van der Waals surface area contributed by atoms with E-state index in [0.717, 1.165) is 63.9 Å². The number of unbranched alkanes of at least 4 members (excludes halogenated alkanes) is 1. The van der Waals surface area contributed by atoms with Crippen molar-refractivity contribution in [3.63, 3.8) is 0 Å². The van der Waals surface area contributed by atoms with Gasteiger partial charge in [-0.3, -0.25) is 0 Å². The lowest BCUT2D eigenvalue weighted by atomic mass is 10.4. The van der Waals surface area contributed by atoms with E-state index in [1.54, 1.807) is 17.7 Å². The number of nitrogens with one attached hydrogen (secondary N) is 2. The van der Waals surface area contributed by atoms with E-state index >= 15 is 0 Å². The van der Waals surface area contributed by atoms with Gasteiger partial charge in [0, 0.05) is 44.1 Å². The van der Waals surface area contributed by atoms with Gasteiger partial charge in [0.15, 0.2) is 5.96 Å². The zero-order valence-corrected chi connectivity index (χ0v) is 17.3. The van der Waals surface area contributed by atoms with Crippen molar-refractivity contribution in [1.82, 2.24) is 25.4 Å². The highest BCUT2D eigenvalue weighted by Gasteiger charge is 2.03. The van der Waals surface area contributed by atoms with E-state index in [9.17, 15) is 0 Å². The van der Waals surface area contributed by atoms with E-state index in [4.69, 9.17) is 9.73 Å². The molecule has 8 heteroatoms. The molecule has 0 amide bonds. The first-order valence-corrected chi connectivity index (χ1v) is 10.7. The Hall–Kier alpha value is -1.93. The van der Waals surface area contributed by atoms with Crippen LogP contribution < -0.4 is 10.6 Å². The number of ether oxygens (including phenoxy) is 1. The van der Waals surface area contributed by atoms with E-state index in [1.165, 1.54) is 11.3 Å². The van der Waals surface area contributed by atoms with Crippen molar-refractivity contribution in [2.24, 2.45) is 4.99 Å². The average molecular weight is 393 g/mol. The third-order valence-corrected chi connectivity index (χ3v) is 4.89. The first-order chi connectivity index (χ1) is 13.3. The van der Waals surface area contributed by atoms with E-state index in [2.05, 4.69) is 56.8 Å². The fraction of sp³-hybridized carbons (Fsp3) is 0.632. The molecule has 150 valence electrons. The molecule has 0 aromatic carbocycles. The van der Waals surface area contributed by atoms with E-state index in [1.807, 2.05) is 0 Å². The predicted molar refractivity (Wildman–Crippen MR) is 111 cm³/mol. The van der Waals surface area contributed by atoms with Crippen molar-refractivity contribution in [3.05, 3.63) is 34.5 Å². The fourth-order valence-corrected chi connectivity index (χ4v) is 3.13. The summed E-state index contributed by atoms with van der Waals surface area (Å²) in [4.78, 5) is 5.95. The quantitative estimate of drug-likeness (QED) is 0.311. The Bertz CT molecular complexity index is 640. The van der Waals surface area contributed by atoms with Crippen LogP contribution in [0.3, 0.4) is 0 Å². The van der Waals surface area contributed by atoms with E-state index in [-0.39, 0.29) is 0 Å². The minimum atomic E-state index is 0.687. The zero-order valence-electron chi connectivity index (χ0n) is 16.5. The highest BCUT2D eigenvalue weighted by atomic mass is 32.1. The maximum absolute atomic E-state index is 5.61. The van der Waals surface area contributed by atoms with E-state index < -0.39 is 0 Å². The molecule has 2 aromatic rings. The highest BCUT2D eigenvalue weighted by Crippen LogP contribution is 2.09. The number of aryl methyl sites for hydroxylation is 1. The van der Waals surface area contributed by atoms with Gasteiger partial charge in [-0.05, 0) is 24.3 Å². The van der Waals surface area contributed by atoms with Gasteiger partial charge < -0.3 is 19.9 Å². The number of aliphatic imine (C=N–C) groups is 1. The van der Waals surface area contributed by atoms with Crippen LogP contribution in [0.2, 0.25) is 0 Å². The van der Waals surface area contributed by atoms with Crippen molar-refractivity contribution in [2.45, 2.75) is 52.6 Å². The van der Waals surface area contributed by atoms with Gasteiger partial charge in [-0.2, -0.15) is 0 Å². The number of guanidine groups is 1. The second-order valence-electron chi connectivity index (χ2n) is 6.21.